The van der Waals surface area contributed by atoms with Crippen LogP contribution in [0, 0.1) is 0 Å². The first-order chi connectivity index (χ1) is 15.1. The number of rotatable bonds is 7. The molecule has 3 aromatic heterocycles. The fraction of sp³-hybridized carbons (Fsp3) is 0.136. The van der Waals surface area contributed by atoms with Crippen LogP contribution < -0.4 is 10.6 Å². The number of anilines is 1. The Hall–Kier alpha value is -4.27. The number of carbonyl (C=O) groups excluding carboxylic acids is 2. The van der Waals surface area contributed by atoms with Crippen molar-refractivity contribution in [2.75, 3.05) is 11.9 Å². The molecule has 156 valence electrons. The molecule has 0 radical (unpaired) electrons. The Labute approximate surface area is 178 Å². The molecule has 0 atom stereocenters. The third-order valence-corrected chi connectivity index (χ3v) is 4.69. The zero-order valence-electron chi connectivity index (χ0n) is 16.9. The summed E-state index contributed by atoms with van der Waals surface area (Å²) in [6.07, 6.45) is 6.48. The highest BCUT2D eigenvalue weighted by Gasteiger charge is 2.16. The summed E-state index contributed by atoms with van der Waals surface area (Å²) >= 11 is 0. The Balaban J connectivity index is 1.50. The van der Waals surface area contributed by atoms with E-state index >= 15 is 0 Å². The zero-order chi connectivity index (χ0) is 21.8. The Morgan fingerprint density at radius 3 is 2.87 bits per heavy atom. The summed E-state index contributed by atoms with van der Waals surface area (Å²) in [5.74, 6) is -0.0135. The minimum absolute atomic E-state index is 0.00424. The van der Waals surface area contributed by atoms with Crippen molar-refractivity contribution < 1.29 is 9.59 Å². The van der Waals surface area contributed by atoms with Gasteiger partial charge in [0.1, 0.15) is 6.54 Å². The van der Waals surface area contributed by atoms with E-state index in [4.69, 9.17) is 0 Å². The first-order valence-corrected chi connectivity index (χ1v) is 9.65. The number of aromatic nitrogens is 5. The van der Waals surface area contributed by atoms with Crippen LogP contribution in [0.25, 0.3) is 22.2 Å². The molecule has 0 unspecified atom stereocenters. The van der Waals surface area contributed by atoms with Gasteiger partial charge in [0.15, 0.2) is 5.82 Å². The van der Waals surface area contributed by atoms with Crippen LogP contribution in [0.4, 0.5) is 5.82 Å². The van der Waals surface area contributed by atoms with Crippen molar-refractivity contribution in [1.82, 2.24) is 29.9 Å². The van der Waals surface area contributed by atoms with Crippen molar-refractivity contribution >= 4 is 28.5 Å². The number of amides is 2. The zero-order valence-corrected chi connectivity index (χ0v) is 16.9. The Morgan fingerprint density at radius 2 is 2.03 bits per heavy atom. The van der Waals surface area contributed by atoms with Crippen LogP contribution in [0.3, 0.4) is 0 Å². The lowest BCUT2D eigenvalue weighted by Crippen LogP contribution is -2.24. The second-order valence-corrected chi connectivity index (χ2v) is 6.86. The van der Waals surface area contributed by atoms with Crippen molar-refractivity contribution in [2.24, 2.45) is 7.05 Å². The molecule has 0 fully saturated rings. The molecule has 0 spiro atoms. The van der Waals surface area contributed by atoms with Gasteiger partial charge in [0.25, 0.3) is 5.91 Å². The van der Waals surface area contributed by atoms with Gasteiger partial charge in [-0.15, -0.1) is 6.58 Å². The average Bonchev–Trinajstić information content (AvgIpc) is 3.37. The monoisotopic (exact) mass is 415 g/mol. The van der Waals surface area contributed by atoms with E-state index in [1.165, 1.54) is 4.68 Å². The number of pyridine rings is 1. The van der Waals surface area contributed by atoms with E-state index in [1.807, 2.05) is 31.3 Å². The smallest absolute Gasteiger partial charge is 0.253 e. The third-order valence-electron chi connectivity index (χ3n) is 4.69. The number of nitrogens with zero attached hydrogens (tertiary/aromatic N) is 5. The summed E-state index contributed by atoms with van der Waals surface area (Å²) in [4.78, 5) is 29.3. The third kappa shape index (κ3) is 4.20. The van der Waals surface area contributed by atoms with Crippen LogP contribution in [-0.2, 0) is 18.4 Å². The van der Waals surface area contributed by atoms with Crippen LogP contribution in [0.5, 0.6) is 0 Å². The van der Waals surface area contributed by atoms with E-state index in [9.17, 15) is 9.59 Å². The van der Waals surface area contributed by atoms with Crippen molar-refractivity contribution in [3.8, 4) is 11.3 Å². The van der Waals surface area contributed by atoms with Gasteiger partial charge >= 0.3 is 0 Å². The molecular weight excluding hydrogens is 394 g/mol. The normalized spacial score (nSPS) is 10.7. The molecule has 9 heteroatoms. The molecule has 1 aromatic carbocycles. The van der Waals surface area contributed by atoms with Gasteiger partial charge in [-0.05, 0) is 24.3 Å². The second-order valence-electron chi connectivity index (χ2n) is 6.86. The quantitative estimate of drug-likeness (QED) is 0.451. The molecule has 2 amide bonds. The van der Waals surface area contributed by atoms with Crippen LogP contribution in [0.1, 0.15) is 10.4 Å². The van der Waals surface area contributed by atoms with Crippen molar-refractivity contribution in [2.45, 2.75) is 6.54 Å². The lowest BCUT2D eigenvalue weighted by atomic mass is 10.1. The Bertz CT molecular complexity index is 1270. The first-order valence-electron chi connectivity index (χ1n) is 9.65. The first kappa shape index (κ1) is 20.0. The summed E-state index contributed by atoms with van der Waals surface area (Å²) in [5.41, 5.74) is 2.48. The van der Waals surface area contributed by atoms with E-state index in [0.717, 1.165) is 10.9 Å². The van der Waals surface area contributed by atoms with Gasteiger partial charge in [0.05, 0.1) is 23.0 Å². The summed E-state index contributed by atoms with van der Waals surface area (Å²) in [6, 6.07) is 11.1. The van der Waals surface area contributed by atoms with Gasteiger partial charge in [0.2, 0.25) is 5.91 Å². The number of hydrogen-bond donors (Lipinski definition) is 2. The van der Waals surface area contributed by atoms with Gasteiger partial charge in [-0.1, -0.05) is 18.2 Å². The van der Waals surface area contributed by atoms with Crippen LogP contribution in [-0.4, -0.2) is 42.9 Å². The highest BCUT2D eigenvalue weighted by atomic mass is 16.2. The molecule has 4 aromatic rings. The van der Waals surface area contributed by atoms with Crippen LogP contribution in [0.15, 0.2) is 67.6 Å². The number of para-hydroxylation sites is 1. The predicted molar refractivity (Wildman–Crippen MR) is 117 cm³/mol. The highest BCUT2D eigenvalue weighted by Crippen LogP contribution is 2.22. The summed E-state index contributed by atoms with van der Waals surface area (Å²) < 4.78 is 3.22. The molecular formula is C22H21N7O2. The number of nitrogens with one attached hydrogen (secondary N) is 2. The molecule has 0 saturated heterocycles. The van der Waals surface area contributed by atoms with Crippen molar-refractivity contribution in [3.05, 3.63) is 73.2 Å². The number of fused-ring (bicyclic) bond motifs is 1. The van der Waals surface area contributed by atoms with Gasteiger partial charge in [-0.2, -0.15) is 10.2 Å². The summed E-state index contributed by atoms with van der Waals surface area (Å²) in [6.45, 7) is 3.95. The fourth-order valence-corrected chi connectivity index (χ4v) is 3.28. The average molecular weight is 415 g/mol. The summed E-state index contributed by atoms with van der Waals surface area (Å²) in [5, 5.41) is 15.1. The molecule has 3 heterocycles. The Morgan fingerprint density at radius 1 is 1.19 bits per heavy atom. The standard InChI is InChI=1S/C22H21N7O2/c1-3-10-24-22(31)17-8-6-11-23-20(17)15-12-25-29(13-15)14-19(30)26-21-16-7-4-5-9-18(16)28(2)27-21/h3-9,11-13H,1,10,14H2,2H3,(H,24,31)(H,26,27,30). The lowest BCUT2D eigenvalue weighted by Gasteiger charge is -2.06. The maximum atomic E-state index is 12.6. The Kier molecular flexibility index (Phi) is 5.57. The number of benzene rings is 1. The maximum Gasteiger partial charge on any atom is 0.253 e. The van der Waals surface area contributed by atoms with E-state index in [-0.39, 0.29) is 18.4 Å². The van der Waals surface area contributed by atoms with E-state index < -0.39 is 0 Å². The van der Waals surface area contributed by atoms with Crippen molar-refractivity contribution in [1.29, 1.82) is 0 Å². The molecule has 31 heavy (non-hydrogen) atoms. The molecule has 0 aliphatic heterocycles. The van der Waals surface area contributed by atoms with Gasteiger partial charge in [-0.25, -0.2) is 0 Å². The molecule has 9 nitrogen and oxygen atoms in total. The lowest BCUT2D eigenvalue weighted by molar-refractivity contribution is -0.116. The molecule has 0 saturated carbocycles. The molecule has 0 aliphatic rings. The molecule has 4 rings (SSSR count). The van der Waals surface area contributed by atoms with E-state index in [1.54, 1.807) is 41.5 Å². The van der Waals surface area contributed by atoms with Crippen LogP contribution >= 0.6 is 0 Å². The minimum Gasteiger partial charge on any atom is -0.349 e. The number of aryl methyl sites for hydroxylation is 1. The topological polar surface area (TPSA) is 107 Å². The largest absolute Gasteiger partial charge is 0.349 e. The highest BCUT2D eigenvalue weighted by molar-refractivity contribution is 6.00. The second kappa shape index (κ2) is 8.62. The molecule has 2 N–H and O–H groups in total. The van der Waals surface area contributed by atoms with Gasteiger partial charge in [0, 0.05) is 36.9 Å². The minimum atomic E-state index is -0.261. The van der Waals surface area contributed by atoms with Crippen molar-refractivity contribution in [3.63, 3.8) is 0 Å². The maximum absolute atomic E-state index is 12.6. The molecule has 0 bridgehead atoms. The predicted octanol–water partition coefficient (Wildman–Crippen LogP) is 2.39. The van der Waals surface area contributed by atoms with Gasteiger partial charge in [-0.3, -0.25) is 23.9 Å². The van der Waals surface area contributed by atoms with E-state index in [0.29, 0.717) is 29.2 Å². The summed E-state index contributed by atoms with van der Waals surface area (Å²) in [7, 11) is 1.83. The molecule has 0 aliphatic carbocycles. The van der Waals surface area contributed by atoms with E-state index in [2.05, 4.69) is 32.4 Å². The number of carbonyl (C=O) groups is 2. The number of hydrogen-bond acceptors (Lipinski definition) is 5. The van der Waals surface area contributed by atoms with Crippen LogP contribution in [0.2, 0.25) is 0 Å². The SMILES string of the molecule is C=CCNC(=O)c1cccnc1-c1cnn(CC(=O)Nc2nn(C)c3ccccc23)c1. The fourth-order valence-electron chi connectivity index (χ4n) is 3.28. The van der Waals surface area contributed by atoms with Gasteiger partial charge < -0.3 is 10.6 Å².